The van der Waals surface area contributed by atoms with Crippen LogP contribution in [0.3, 0.4) is 0 Å². The Morgan fingerprint density at radius 1 is 1.26 bits per heavy atom. The van der Waals surface area contributed by atoms with Crippen LogP contribution in [0.15, 0.2) is 36.9 Å². The number of piperidine rings is 1. The molecule has 1 fully saturated rings. The first-order valence-corrected chi connectivity index (χ1v) is 12.1. The van der Waals surface area contributed by atoms with Crippen molar-refractivity contribution < 1.29 is 18.0 Å². The fourth-order valence-electron chi connectivity index (χ4n) is 4.40. The summed E-state index contributed by atoms with van der Waals surface area (Å²) >= 11 is 1.61. The second kappa shape index (κ2) is 8.99. The van der Waals surface area contributed by atoms with Crippen LogP contribution in [0.1, 0.15) is 46.9 Å². The zero-order valence-corrected chi connectivity index (χ0v) is 20.0. The van der Waals surface area contributed by atoms with E-state index >= 15 is 0 Å². The summed E-state index contributed by atoms with van der Waals surface area (Å²) in [5.41, 5.74) is 2.45. The summed E-state index contributed by atoms with van der Waals surface area (Å²) in [5, 5.41) is 9.46. The number of carbonyl (C=O) groups is 1. The second-order valence-corrected chi connectivity index (χ2v) is 10.0. The van der Waals surface area contributed by atoms with Crippen molar-refractivity contribution in [1.29, 1.82) is 0 Å². The van der Waals surface area contributed by atoms with E-state index in [0.717, 1.165) is 15.4 Å². The SMILES string of the molecule is Cc1ccc(-c2cnc3c(N4CCC(C(F)(F)F)CC4)cc(C(=O)N[C@@H](C)c4ncn[nH]4)cn23)s1. The summed E-state index contributed by atoms with van der Waals surface area (Å²) in [7, 11) is 0. The number of H-pyrrole nitrogens is 1. The van der Waals surface area contributed by atoms with Crippen LogP contribution in [-0.4, -0.2) is 49.7 Å². The molecule has 35 heavy (non-hydrogen) atoms. The molecule has 4 aromatic rings. The zero-order chi connectivity index (χ0) is 24.7. The first-order chi connectivity index (χ1) is 16.7. The van der Waals surface area contributed by atoms with Gasteiger partial charge in [-0.3, -0.25) is 14.3 Å². The number of aromatic nitrogens is 5. The minimum absolute atomic E-state index is 0.00625. The highest BCUT2D eigenvalue weighted by atomic mass is 32.1. The lowest BCUT2D eigenvalue weighted by Gasteiger charge is -2.34. The molecule has 0 spiro atoms. The monoisotopic (exact) mass is 503 g/mol. The van der Waals surface area contributed by atoms with Gasteiger partial charge in [0.25, 0.3) is 5.91 Å². The summed E-state index contributed by atoms with van der Waals surface area (Å²) in [6, 6.07) is 5.31. The number of nitrogens with zero attached hydrogens (tertiary/aromatic N) is 5. The Kier molecular flexibility index (Phi) is 5.99. The van der Waals surface area contributed by atoms with E-state index in [-0.39, 0.29) is 31.8 Å². The van der Waals surface area contributed by atoms with Crippen molar-refractivity contribution in [2.75, 3.05) is 18.0 Å². The van der Waals surface area contributed by atoms with Crippen molar-refractivity contribution >= 4 is 28.6 Å². The number of aromatic amines is 1. The number of pyridine rings is 1. The molecule has 0 bridgehead atoms. The fourth-order valence-corrected chi connectivity index (χ4v) is 5.27. The van der Waals surface area contributed by atoms with E-state index in [0.29, 0.717) is 22.7 Å². The molecule has 0 aromatic carbocycles. The smallest absolute Gasteiger partial charge is 0.368 e. The molecule has 5 heterocycles. The van der Waals surface area contributed by atoms with Gasteiger partial charge in [0.15, 0.2) is 5.65 Å². The molecule has 1 saturated heterocycles. The highest BCUT2D eigenvalue weighted by Gasteiger charge is 2.41. The molecule has 4 aromatic heterocycles. The van der Waals surface area contributed by atoms with Gasteiger partial charge in [-0.25, -0.2) is 9.97 Å². The van der Waals surface area contributed by atoms with Gasteiger partial charge in [0.2, 0.25) is 0 Å². The van der Waals surface area contributed by atoms with Crippen LogP contribution in [0.2, 0.25) is 0 Å². The molecule has 1 aliphatic rings. The summed E-state index contributed by atoms with van der Waals surface area (Å²) in [4.78, 5) is 25.9. The predicted octanol–water partition coefficient (Wildman–Crippen LogP) is 4.76. The summed E-state index contributed by atoms with van der Waals surface area (Å²) in [5.74, 6) is -1.12. The number of anilines is 1. The molecule has 184 valence electrons. The largest absolute Gasteiger partial charge is 0.391 e. The first kappa shape index (κ1) is 23.3. The third-order valence-corrected chi connectivity index (χ3v) is 7.35. The molecule has 1 amide bonds. The number of halogens is 3. The second-order valence-electron chi connectivity index (χ2n) is 8.73. The van der Waals surface area contributed by atoms with E-state index in [1.807, 2.05) is 28.4 Å². The van der Waals surface area contributed by atoms with E-state index in [1.165, 1.54) is 6.33 Å². The number of fused-ring (bicyclic) bond motifs is 1. The average molecular weight is 504 g/mol. The van der Waals surface area contributed by atoms with Gasteiger partial charge in [-0.2, -0.15) is 18.3 Å². The summed E-state index contributed by atoms with van der Waals surface area (Å²) in [6.07, 6.45) is 0.649. The number of hydrogen-bond acceptors (Lipinski definition) is 6. The molecule has 8 nitrogen and oxygen atoms in total. The van der Waals surface area contributed by atoms with E-state index in [9.17, 15) is 18.0 Å². The molecule has 1 aliphatic heterocycles. The third-order valence-electron chi connectivity index (χ3n) is 6.33. The van der Waals surface area contributed by atoms with Gasteiger partial charge in [-0.05, 0) is 44.9 Å². The first-order valence-electron chi connectivity index (χ1n) is 11.3. The van der Waals surface area contributed by atoms with E-state index < -0.39 is 18.1 Å². The van der Waals surface area contributed by atoms with Gasteiger partial charge >= 0.3 is 6.18 Å². The van der Waals surface area contributed by atoms with E-state index in [2.05, 4.69) is 25.5 Å². The van der Waals surface area contributed by atoms with Gasteiger partial charge in [-0.15, -0.1) is 11.3 Å². The van der Waals surface area contributed by atoms with Crippen molar-refractivity contribution in [3.8, 4) is 10.6 Å². The highest BCUT2D eigenvalue weighted by Crippen LogP contribution is 2.37. The number of hydrogen-bond donors (Lipinski definition) is 2. The van der Waals surface area contributed by atoms with Crippen LogP contribution < -0.4 is 10.2 Å². The maximum Gasteiger partial charge on any atom is 0.391 e. The van der Waals surface area contributed by atoms with Gasteiger partial charge in [-0.1, -0.05) is 0 Å². The topological polar surface area (TPSA) is 91.2 Å². The third kappa shape index (κ3) is 4.62. The Bertz CT molecular complexity index is 1340. The van der Waals surface area contributed by atoms with E-state index in [1.54, 1.807) is 36.7 Å². The minimum Gasteiger partial charge on any atom is -0.368 e. The molecule has 0 aliphatic carbocycles. The quantitative estimate of drug-likeness (QED) is 0.410. The van der Waals surface area contributed by atoms with Crippen molar-refractivity contribution in [3.05, 3.63) is 53.2 Å². The predicted molar refractivity (Wildman–Crippen MR) is 126 cm³/mol. The minimum atomic E-state index is -4.20. The van der Waals surface area contributed by atoms with Crippen LogP contribution in [0.4, 0.5) is 18.9 Å². The molecule has 12 heteroatoms. The Morgan fingerprint density at radius 3 is 2.66 bits per heavy atom. The molecule has 0 unspecified atom stereocenters. The number of carbonyl (C=O) groups excluding carboxylic acids is 1. The number of imidazole rings is 1. The molecule has 1 atom stereocenters. The molecule has 0 saturated carbocycles. The maximum atomic E-state index is 13.2. The molecular formula is C23H24F3N7OS. The number of nitrogens with one attached hydrogen (secondary N) is 2. The standard InChI is InChI=1S/C23H24F3N7OS/c1-13-3-4-19(35-13)18-10-27-21-17(32-7-5-16(6-8-32)23(24,25)26)9-15(11-33(18)21)22(34)30-14(2)20-28-12-29-31-20/h3-4,9-12,14,16H,5-8H2,1-2H3,(H,30,34)(H,28,29,31)/t14-/m0/s1. The van der Waals surface area contributed by atoms with Crippen LogP contribution >= 0.6 is 11.3 Å². The van der Waals surface area contributed by atoms with E-state index in [4.69, 9.17) is 0 Å². The van der Waals surface area contributed by atoms with Gasteiger partial charge < -0.3 is 10.2 Å². The van der Waals surface area contributed by atoms with Gasteiger partial charge in [0.1, 0.15) is 12.2 Å². The Balaban J connectivity index is 1.52. The van der Waals surface area contributed by atoms with Crippen LogP contribution in [0.25, 0.3) is 16.2 Å². The lowest BCUT2D eigenvalue weighted by atomic mass is 9.96. The fraction of sp³-hybridized carbons (Fsp3) is 0.391. The normalized spacial score (nSPS) is 16.1. The number of alkyl halides is 3. The zero-order valence-electron chi connectivity index (χ0n) is 19.1. The number of amides is 1. The number of thiophene rings is 1. The van der Waals surface area contributed by atoms with Gasteiger partial charge in [0.05, 0.1) is 40.0 Å². The number of rotatable bonds is 5. The van der Waals surface area contributed by atoms with Crippen molar-refractivity contribution in [2.45, 2.75) is 38.9 Å². The van der Waals surface area contributed by atoms with Gasteiger partial charge in [0, 0.05) is 24.2 Å². The highest BCUT2D eigenvalue weighted by molar-refractivity contribution is 7.15. The summed E-state index contributed by atoms with van der Waals surface area (Å²) in [6.45, 7) is 4.27. The maximum absolute atomic E-state index is 13.2. The molecular weight excluding hydrogens is 479 g/mol. The summed E-state index contributed by atoms with van der Waals surface area (Å²) < 4.78 is 41.5. The lowest BCUT2D eigenvalue weighted by Crippen LogP contribution is -2.39. The van der Waals surface area contributed by atoms with Crippen LogP contribution in [0, 0.1) is 12.8 Å². The van der Waals surface area contributed by atoms with Crippen molar-refractivity contribution in [3.63, 3.8) is 0 Å². The average Bonchev–Trinajstić information content (AvgIpc) is 3.58. The van der Waals surface area contributed by atoms with Crippen molar-refractivity contribution in [1.82, 2.24) is 29.9 Å². The van der Waals surface area contributed by atoms with Crippen LogP contribution in [-0.2, 0) is 0 Å². The van der Waals surface area contributed by atoms with Crippen molar-refractivity contribution in [2.24, 2.45) is 5.92 Å². The van der Waals surface area contributed by atoms with Crippen LogP contribution in [0.5, 0.6) is 0 Å². The lowest BCUT2D eigenvalue weighted by molar-refractivity contribution is -0.179. The number of aryl methyl sites for hydroxylation is 1. The molecule has 2 N–H and O–H groups in total. The Morgan fingerprint density at radius 2 is 2.03 bits per heavy atom. The Labute approximate surface area is 203 Å². The Hall–Kier alpha value is -3.41. The molecule has 5 rings (SSSR count). The molecule has 0 radical (unpaired) electrons.